The summed E-state index contributed by atoms with van der Waals surface area (Å²) in [5.74, 6) is 0.994. The normalized spacial score (nSPS) is 11.6. The van der Waals surface area contributed by atoms with Gasteiger partial charge in [0.05, 0.1) is 9.26 Å². The van der Waals surface area contributed by atoms with Crippen molar-refractivity contribution in [3.8, 4) is 0 Å². The van der Waals surface area contributed by atoms with Crippen molar-refractivity contribution < 1.29 is 8.42 Å². The SMILES string of the molecule is CCCNc1nc(CS(C)(=O)=O)nc(CC)c1I. The molecule has 0 aliphatic carbocycles. The summed E-state index contributed by atoms with van der Waals surface area (Å²) in [7, 11) is -3.11. The van der Waals surface area contributed by atoms with E-state index >= 15 is 0 Å². The van der Waals surface area contributed by atoms with Gasteiger partial charge >= 0.3 is 0 Å². The molecular formula is C11H18IN3O2S. The lowest BCUT2D eigenvalue weighted by atomic mass is 10.3. The number of aryl methyl sites for hydroxylation is 1. The van der Waals surface area contributed by atoms with E-state index < -0.39 is 9.84 Å². The third kappa shape index (κ3) is 4.68. The fourth-order valence-corrected chi connectivity index (χ4v) is 2.85. The lowest BCUT2D eigenvalue weighted by Gasteiger charge is -2.11. The number of hydrogen-bond acceptors (Lipinski definition) is 5. The van der Waals surface area contributed by atoms with Crippen molar-refractivity contribution >= 4 is 38.2 Å². The van der Waals surface area contributed by atoms with Crippen LogP contribution in [0.3, 0.4) is 0 Å². The number of rotatable bonds is 6. The fourth-order valence-electron chi connectivity index (χ4n) is 1.44. The van der Waals surface area contributed by atoms with E-state index in [0.717, 1.165) is 34.5 Å². The van der Waals surface area contributed by atoms with Crippen molar-refractivity contribution in [3.63, 3.8) is 0 Å². The van der Waals surface area contributed by atoms with E-state index in [9.17, 15) is 8.42 Å². The molecule has 1 heterocycles. The summed E-state index contributed by atoms with van der Waals surface area (Å²) in [6.07, 6.45) is 2.94. The standard InChI is InChI=1S/C11H18IN3O2S/c1-4-6-13-11-10(12)8(5-2)14-9(15-11)7-18(3,16)17/h4-7H2,1-3H3,(H,13,14,15). The van der Waals surface area contributed by atoms with E-state index in [4.69, 9.17) is 0 Å². The molecule has 0 atom stereocenters. The van der Waals surface area contributed by atoms with Gasteiger partial charge in [0, 0.05) is 12.8 Å². The van der Waals surface area contributed by atoms with Crippen LogP contribution in [0.5, 0.6) is 0 Å². The minimum absolute atomic E-state index is 0.113. The summed E-state index contributed by atoms with van der Waals surface area (Å²) in [5, 5.41) is 3.21. The molecule has 0 unspecified atom stereocenters. The van der Waals surface area contributed by atoms with E-state index in [1.165, 1.54) is 6.26 Å². The zero-order valence-corrected chi connectivity index (χ0v) is 13.8. The molecular weight excluding hydrogens is 365 g/mol. The number of nitrogens with one attached hydrogen (secondary N) is 1. The van der Waals surface area contributed by atoms with E-state index in [-0.39, 0.29) is 5.75 Å². The summed E-state index contributed by atoms with van der Waals surface area (Å²) < 4.78 is 23.6. The molecule has 0 saturated carbocycles. The van der Waals surface area contributed by atoms with Gasteiger partial charge in [-0.25, -0.2) is 18.4 Å². The maximum atomic E-state index is 11.3. The highest BCUT2D eigenvalue weighted by atomic mass is 127. The van der Waals surface area contributed by atoms with Gasteiger partial charge in [0.2, 0.25) is 0 Å². The summed E-state index contributed by atoms with van der Waals surface area (Å²) in [4.78, 5) is 8.60. The number of nitrogens with zero attached hydrogens (tertiary/aromatic N) is 2. The Hall–Kier alpha value is -0.440. The highest BCUT2D eigenvalue weighted by Gasteiger charge is 2.14. The Kier molecular flexibility index (Phi) is 5.77. The van der Waals surface area contributed by atoms with Gasteiger partial charge in [-0.1, -0.05) is 13.8 Å². The van der Waals surface area contributed by atoms with E-state index in [1.807, 2.05) is 6.92 Å². The molecule has 0 spiro atoms. The molecule has 7 heteroatoms. The third-order valence-corrected chi connectivity index (χ3v) is 4.15. The largest absolute Gasteiger partial charge is 0.369 e. The quantitative estimate of drug-likeness (QED) is 0.761. The van der Waals surface area contributed by atoms with Crippen molar-refractivity contribution in [1.82, 2.24) is 9.97 Å². The number of hydrogen-bond donors (Lipinski definition) is 1. The van der Waals surface area contributed by atoms with E-state index in [0.29, 0.717) is 5.82 Å². The highest BCUT2D eigenvalue weighted by molar-refractivity contribution is 14.1. The molecule has 18 heavy (non-hydrogen) atoms. The monoisotopic (exact) mass is 383 g/mol. The van der Waals surface area contributed by atoms with Gasteiger partial charge in [-0.2, -0.15) is 0 Å². The molecule has 102 valence electrons. The van der Waals surface area contributed by atoms with Gasteiger partial charge in [-0.05, 0) is 35.4 Å². The first-order valence-corrected chi connectivity index (χ1v) is 8.98. The molecule has 0 aliphatic rings. The summed E-state index contributed by atoms with van der Waals surface area (Å²) in [6.45, 7) is 4.88. The lowest BCUT2D eigenvalue weighted by Crippen LogP contribution is -2.13. The first kappa shape index (κ1) is 15.6. The van der Waals surface area contributed by atoms with Crippen molar-refractivity contribution in [2.45, 2.75) is 32.4 Å². The molecule has 1 rings (SSSR count). The van der Waals surface area contributed by atoms with Gasteiger partial charge in [0.1, 0.15) is 17.4 Å². The van der Waals surface area contributed by atoms with Crippen LogP contribution in [0.15, 0.2) is 0 Å². The Morgan fingerprint density at radius 1 is 1.28 bits per heavy atom. The molecule has 5 nitrogen and oxygen atoms in total. The average molecular weight is 383 g/mol. The number of aromatic nitrogens is 2. The van der Waals surface area contributed by atoms with Crippen LogP contribution in [0.25, 0.3) is 0 Å². The summed E-state index contributed by atoms with van der Waals surface area (Å²) in [6, 6.07) is 0. The van der Waals surface area contributed by atoms with Crippen LogP contribution in [0.4, 0.5) is 5.82 Å². The second-order valence-corrected chi connectivity index (χ2v) is 7.32. The van der Waals surface area contributed by atoms with Gasteiger partial charge in [0.15, 0.2) is 9.84 Å². The maximum absolute atomic E-state index is 11.3. The van der Waals surface area contributed by atoms with Gasteiger partial charge in [-0.3, -0.25) is 0 Å². The molecule has 1 N–H and O–H groups in total. The van der Waals surface area contributed by atoms with Crippen LogP contribution in [-0.2, 0) is 22.0 Å². The van der Waals surface area contributed by atoms with E-state index in [2.05, 4.69) is 44.8 Å². The second kappa shape index (κ2) is 6.65. The lowest BCUT2D eigenvalue weighted by molar-refractivity contribution is 0.599. The van der Waals surface area contributed by atoms with Crippen molar-refractivity contribution in [1.29, 1.82) is 0 Å². The maximum Gasteiger partial charge on any atom is 0.154 e. The zero-order chi connectivity index (χ0) is 13.8. The Morgan fingerprint density at radius 3 is 2.44 bits per heavy atom. The number of halogens is 1. The van der Waals surface area contributed by atoms with Crippen LogP contribution >= 0.6 is 22.6 Å². The second-order valence-electron chi connectivity index (χ2n) is 4.10. The van der Waals surface area contributed by atoms with Gasteiger partial charge in [-0.15, -0.1) is 0 Å². The van der Waals surface area contributed by atoms with Crippen LogP contribution in [-0.4, -0.2) is 31.2 Å². The van der Waals surface area contributed by atoms with Gasteiger partial charge < -0.3 is 5.32 Å². The first-order chi connectivity index (χ1) is 8.37. The summed E-state index contributed by atoms with van der Waals surface area (Å²) >= 11 is 2.20. The van der Waals surface area contributed by atoms with Crippen LogP contribution < -0.4 is 5.32 Å². The summed E-state index contributed by atoms with van der Waals surface area (Å²) in [5.41, 5.74) is 0.892. The topological polar surface area (TPSA) is 72.0 Å². The van der Waals surface area contributed by atoms with Crippen molar-refractivity contribution in [2.24, 2.45) is 0 Å². The Balaban J connectivity index is 3.13. The first-order valence-electron chi connectivity index (χ1n) is 5.84. The minimum Gasteiger partial charge on any atom is -0.369 e. The molecule has 0 bridgehead atoms. The van der Waals surface area contributed by atoms with E-state index in [1.54, 1.807) is 0 Å². The minimum atomic E-state index is -3.11. The molecule has 0 fully saturated rings. The van der Waals surface area contributed by atoms with Gasteiger partial charge in [0.25, 0.3) is 0 Å². The smallest absolute Gasteiger partial charge is 0.154 e. The Labute approximate surface area is 122 Å². The zero-order valence-electron chi connectivity index (χ0n) is 10.8. The van der Waals surface area contributed by atoms with Crippen molar-refractivity contribution in [3.05, 3.63) is 15.1 Å². The van der Waals surface area contributed by atoms with Crippen LogP contribution in [0, 0.1) is 3.57 Å². The molecule has 0 aliphatic heterocycles. The molecule has 1 aromatic heterocycles. The molecule has 0 aromatic carbocycles. The predicted octanol–water partition coefficient (Wildman–Crippen LogP) is 2.01. The molecule has 0 amide bonds. The number of sulfone groups is 1. The fraction of sp³-hybridized carbons (Fsp3) is 0.636. The number of anilines is 1. The molecule has 0 radical (unpaired) electrons. The third-order valence-electron chi connectivity index (χ3n) is 2.23. The van der Waals surface area contributed by atoms with Crippen LogP contribution in [0.2, 0.25) is 0 Å². The predicted molar refractivity (Wildman–Crippen MR) is 81.5 cm³/mol. The van der Waals surface area contributed by atoms with Crippen molar-refractivity contribution in [2.75, 3.05) is 18.1 Å². The average Bonchev–Trinajstić information content (AvgIpc) is 2.27. The molecule has 1 aromatic rings. The molecule has 0 saturated heterocycles. The Morgan fingerprint density at radius 2 is 1.94 bits per heavy atom. The Bertz CT molecular complexity index is 517. The van der Waals surface area contributed by atoms with Crippen LogP contribution in [0.1, 0.15) is 31.8 Å². The highest BCUT2D eigenvalue weighted by Crippen LogP contribution is 2.20.